The molecule has 0 aromatic heterocycles. The first-order valence-electron chi connectivity index (χ1n) is 6.00. The van der Waals surface area contributed by atoms with E-state index in [-0.39, 0.29) is 17.5 Å². The van der Waals surface area contributed by atoms with E-state index >= 15 is 0 Å². The highest BCUT2D eigenvalue weighted by molar-refractivity contribution is 7.85. The van der Waals surface area contributed by atoms with Crippen LogP contribution in [0, 0.1) is 27.4 Å². The summed E-state index contributed by atoms with van der Waals surface area (Å²) in [7, 11) is 0. The van der Waals surface area contributed by atoms with Gasteiger partial charge in [-0.15, -0.1) is 0 Å². The van der Waals surface area contributed by atoms with E-state index in [9.17, 15) is 4.79 Å². The maximum atomic E-state index is 11.0. The van der Waals surface area contributed by atoms with Crippen molar-refractivity contribution < 1.29 is 9.53 Å². The quantitative estimate of drug-likeness (QED) is 0.445. The molecule has 0 radical (unpaired) electrons. The van der Waals surface area contributed by atoms with Crippen LogP contribution in [0.15, 0.2) is 0 Å². The van der Waals surface area contributed by atoms with Crippen LogP contribution in [-0.4, -0.2) is 12.1 Å². The summed E-state index contributed by atoms with van der Waals surface area (Å²) in [5.74, 6) is 0.622. The SMILES string of the molecule is CC(=O)OC1C[C@H]2CC[C@@]1(C)C2(C)C.N#CS. The molecule has 2 aliphatic carbocycles. The Hall–Kier alpha value is -0.690. The molecule has 2 rings (SSSR count). The van der Waals surface area contributed by atoms with Crippen molar-refractivity contribution in [1.29, 1.82) is 5.26 Å². The van der Waals surface area contributed by atoms with Crippen molar-refractivity contribution in [2.75, 3.05) is 0 Å². The van der Waals surface area contributed by atoms with Gasteiger partial charge in [0.05, 0.1) is 0 Å². The zero-order valence-corrected chi connectivity index (χ0v) is 11.9. The Bertz CT molecular complexity index is 348. The van der Waals surface area contributed by atoms with Crippen LogP contribution in [0.5, 0.6) is 0 Å². The summed E-state index contributed by atoms with van der Waals surface area (Å²) < 4.78 is 5.44. The highest BCUT2D eigenvalue weighted by atomic mass is 32.1. The second kappa shape index (κ2) is 4.89. The molecule has 96 valence electrons. The molecule has 0 heterocycles. The van der Waals surface area contributed by atoms with E-state index in [1.165, 1.54) is 25.2 Å². The van der Waals surface area contributed by atoms with Crippen molar-refractivity contribution in [2.45, 2.75) is 53.1 Å². The molecule has 17 heavy (non-hydrogen) atoms. The van der Waals surface area contributed by atoms with Crippen LogP contribution in [0.2, 0.25) is 0 Å². The maximum absolute atomic E-state index is 11.0. The number of fused-ring (bicyclic) bond motifs is 2. The van der Waals surface area contributed by atoms with Gasteiger partial charge in [-0.3, -0.25) is 4.79 Å². The van der Waals surface area contributed by atoms with Gasteiger partial charge in [0.1, 0.15) is 11.5 Å². The van der Waals surface area contributed by atoms with E-state index < -0.39 is 0 Å². The first-order valence-corrected chi connectivity index (χ1v) is 6.44. The highest BCUT2D eigenvalue weighted by Crippen LogP contribution is 2.66. The smallest absolute Gasteiger partial charge is 0.302 e. The largest absolute Gasteiger partial charge is 0.462 e. The van der Waals surface area contributed by atoms with Gasteiger partial charge in [0.15, 0.2) is 0 Å². The molecule has 3 nitrogen and oxygen atoms in total. The van der Waals surface area contributed by atoms with E-state index in [1.54, 1.807) is 0 Å². The summed E-state index contributed by atoms with van der Waals surface area (Å²) in [6.45, 7) is 8.46. The van der Waals surface area contributed by atoms with Gasteiger partial charge >= 0.3 is 5.97 Å². The Balaban J connectivity index is 0.000000437. The normalized spacial score (nSPS) is 36.7. The molecule has 1 unspecified atom stereocenters. The number of thiocyanates is 1. The van der Waals surface area contributed by atoms with Gasteiger partial charge in [0, 0.05) is 12.3 Å². The Morgan fingerprint density at radius 3 is 2.29 bits per heavy atom. The topological polar surface area (TPSA) is 50.1 Å². The van der Waals surface area contributed by atoms with E-state index in [0.29, 0.717) is 5.41 Å². The molecule has 0 aromatic rings. The van der Waals surface area contributed by atoms with Crippen LogP contribution < -0.4 is 0 Å². The van der Waals surface area contributed by atoms with E-state index in [2.05, 4.69) is 33.4 Å². The first-order chi connectivity index (χ1) is 7.79. The monoisotopic (exact) mass is 255 g/mol. The minimum Gasteiger partial charge on any atom is -0.462 e. The van der Waals surface area contributed by atoms with Gasteiger partial charge in [-0.25, -0.2) is 0 Å². The number of rotatable bonds is 1. The number of esters is 1. The molecule has 0 aromatic carbocycles. The second-order valence-corrected chi connectivity index (χ2v) is 6.01. The number of thiol groups is 1. The van der Waals surface area contributed by atoms with Gasteiger partial charge in [-0.05, 0) is 30.6 Å². The molecule has 0 amide bonds. The molecule has 2 fully saturated rings. The molecule has 2 bridgehead atoms. The fourth-order valence-electron chi connectivity index (χ4n) is 3.51. The van der Waals surface area contributed by atoms with E-state index in [1.807, 2.05) is 0 Å². The van der Waals surface area contributed by atoms with Gasteiger partial charge in [0.25, 0.3) is 0 Å². The van der Waals surface area contributed by atoms with Crippen LogP contribution in [0.4, 0.5) is 0 Å². The highest BCUT2D eigenvalue weighted by Gasteiger charge is 2.62. The third-order valence-corrected chi connectivity index (χ3v) is 5.02. The number of nitriles is 1. The summed E-state index contributed by atoms with van der Waals surface area (Å²) in [5.41, 5.74) is 0.552. The zero-order chi connectivity index (χ0) is 13.3. The van der Waals surface area contributed by atoms with Gasteiger partial charge in [-0.2, -0.15) is 5.26 Å². The molecule has 0 spiro atoms. The molecule has 0 N–H and O–H groups in total. The number of ether oxygens (including phenoxy) is 1. The molecule has 4 heteroatoms. The summed E-state index contributed by atoms with van der Waals surface area (Å²) in [5, 5.41) is 8.63. The lowest BCUT2D eigenvalue weighted by Crippen LogP contribution is -2.37. The predicted molar refractivity (Wildman–Crippen MR) is 69.4 cm³/mol. The van der Waals surface area contributed by atoms with E-state index in [4.69, 9.17) is 10.00 Å². The maximum Gasteiger partial charge on any atom is 0.302 e. The molecule has 0 aliphatic heterocycles. The van der Waals surface area contributed by atoms with Gasteiger partial charge < -0.3 is 4.74 Å². The summed E-state index contributed by atoms with van der Waals surface area (Å²) in [6, 6.07) is 0. The Labute approximate surface area is 109 Å². The lowest BCUT2D eigenvalue weighted by molar-refractivity contribution is -0.154. The fraction of sp³-hybridized carbons (Fsp3) is 0.846. The lowest BCUT2D eigenvalue weighted by atomic mass is 9.70. The predicted octanol–water partition coefficient (Wildman–Crippen LogP) is 3.16. The minimum atomic E-state index is -0.125. The second-order valence-electron chi connectivity index (χ2n) is 5.81. The molecule has 0 saturated heterocycles. The summed E-state index contributed by atoms with van der Waals surface area (Å²) in [6.07, 6.45) is 3.75. The first kappa shape index (κ1) is 14.4. The Morgan fingerprint density at radius 2 is 2.00 bits per heavy atom. The van der Waals surface area contributed by atoms with Gasteiger partial charge in [0.2, 0.25) is 0 Å². The third-order valence-electron chi connectivity index (χ3n) is 5.02. The number of nitrogens with zero attached hydrogens (tertiary/aromatic N) is 1. The molecular formula is C13H21NO2S. The summed E-state index contributed by atoms with van der Waals surface area (Å²) in [4.78, 5) is 11.0. The van der Waals surface area contributed by atoms with Crippen molar-refractivity contribution in [3.63, 3.8) is 0 Å². The third kappa shape index (κ3) is 2.30. The zero-order valence-electron chi connectivity index (χ0n) is 11.0. The van der Waals surface area contributed by atoms with Crippen LogP contribution in [0.1, 0.15) is 47.0 Å². The molecule has 3 atom stereocenters. The number of carbonyl (C=O) groups excluding carboxylic acids is 1. The fourth-order valence-corrected chi connectivity index (χ4v) is 3.51. The average molecular weight is 255 g/mol. The van der Waals surface area contributed by atoms with Crippen LogP contribution in [0.3, 0.4) is 0 Å². The van der Waals surface area contributed by atoms with Gasteiger partial charge in [-0.1, -0.05) is 33.4 Å². The Kier molecular flexibility index (Phi) is 4.14. The van der Waals surface area contributed by atoms with Crippen molar-refractivity contribution >= 4 is 18.6 Å². The van der Waals surface area contributed by atoms with Crippen LogP contribution in [0.25, 0.3) is 0 Å². The van der Waals surface area contributed by atoms with Crippen molar-refractivity contribution in [1.82, 2.24) is 0 Å². The Morgan fingerprint density at radius 1 is 1.47 bits per heavy atom. The van der Waals surface area contributed by atoms with E-state index in [0.717, 1.165) is 12.3 Å². The van der Waals surface area contributed by atoms with Crippen LogP contribution >= 0.6 is 12.6 Å². The van der Waals surface area contributed by atoms with Crippen molar-refractivity contribution in [3.8, 4) is 5.40 Å². The lowest BCUT2D eigenvalue weighted by Gasteiger charge is -2.38. The molecule has 2 aliphatic rings. The minimum absolute atomic E-state index is 0.125. The summed E-state index contributed by atoms with van der Waals surface area (Å²) >= 11 is 3.09. The number of hydrogen-bond acceptors (Lipinski definition) is 4. The average Bonchev–Trinajstić information content (AvgIpc) is 2.51. The van der Waals surface area contributed by atoms with Crippen LogP contribution in [-0.2, 0) is 9.53 Å². The van der Waals surface area contributed by atoms with Crippen molar-refractivity contribution in [2.24, 2.45) is 16.7 Å². The number of hydrogen-bond donors (Lipinski definition) is 1. The van der Waals surface area contributed by atoms with Crippen molar-refractivity contribution in [3.05, 3.63) is 0 Å². The standard InChI is InChI=1S/C12H20O2.CHNS/c1-8(13)14-10-7-9-5-6-12(10,4)11(9,2)3;2-1-3/h9-10H,5-7H2,1-4H3;3H/t9-,10?,12-;/m1./s1. The number of carbonyl (C=O) groups is 1. The molecule has 2 saturated carbocycles. The molecular weight excluding hydrogens is 234 g/mol.